The molecule has 112 valence electrons. The van der Waals surface area contributed by atoms with Crippen LogP contribution in [0.1, 0.15) is 37.7 Å². The summed E-state index contributed by atoms with van der Waals surface area (Å²) in [5.41, 5.74) is 6.81. The molecule has 0 atom stereocenters. The first-order valence-electron chi connectivity index (χ1n) is 7.31. The molecule has 1 aliphatic carbocycles. The molecule has 0 aliphatic heterocycles. The number of amides is 1. The molecule has 1 aromatic rings. The largest absolute Gasteiger partial charge is 0.337 e. The van der Waals surface area contributed by atoms with Crippen LogP contribution in [0.4, 0.5) is 0 Å². The second-order valence-corrected chi connectivity index (χ2v) is 5.44. The van der Waals surface area contributed by atoms with Crippen LogP contribution in [-0.2, 0) is 11.3 Å². The van der Waals surface area contributed by atoms with Gasteiger partial charge in [-0.05, 0) is 24.3 Å². The van der Waals surface area contributed by atoms with E-state index in [1.54, 1.807) is 0 Å². The van der Waals surface area contributed by atoms with Gasteiger partial charge in [0.05, 0.1) is 0 Å². The highest BCUT2D eigenvalue weighted by Crippen LogP contribution is 2.28. The van der Waals surface area contributed by atoms with Crippen LogP contribution in [0.25, 0.3) is 0 Å². The first-order valence-corrected chi connectivity index (χ1v) is 7.31. The zero-order valence-electron chi connectivity index (χ0n) is 12.0. The Morgan fingerprint density at radius 1 is 1.20 bits per heavy atom. The van der Waals surface area contributed by atoms with E-state index < -0.39 is 0 Å². The van der Waals surface area contributed by atoms with Crippen molar-refractivity contribution in [1.82, 2.24) is 4.90 Å². The molecule has 1 amide bonds. The normalized spacial score (nSPS) is 14.8. The van der Waals surface area contributed by atoms with E-state index in [9.17, 15) is 4.79 Å². The molecule has 0 heterocycles. The number of hydrogen-bond donors (Lipinski definition) is 1. The lowest BCUT2D eigenvalue weighted by Crippen LogP contribution is -2.35. The van der Waals surface area contributed by atoms with Crippen LogP contribution in [-0.4, -0.2) is 23.9 Å². The molecule has 3 nitrogen and oxygen atoms in total. The SMILES string of the molecule is Cl.NCCN(Cc1ccccc1)C(=O)CC1CCCC1. The van der Waals surface area contributed by atoms with E-state index in [-0.39, 0.29) is 18.3 Å². The molecule has 0 unspecified atom stereocenters. The molecule has 0 saturated heterocycles. The lowest BCUT2D eigenvalue weighted by molar-refractivity contribution is -0.132. The molecule has 2 N–H and O–H groups in total. The molecule has 1 saturated carbocycles. The van der Waals surface area contributed by atoms with Crippen molar-refractivity contribution in [2.24, 2.45) is 11.7 Å². The van der Waals surface area contributed by atoms with Crippen LogP contribution < -0.4 is 5.73 Å². The van der Waals surface area contributed by atoms with Gasteiger partial charge in [-0.1, -0.05) is 43.2 Å². The maximum Gasteiger partial charge on any atom is 0.223 e. The molecule has 0 aromatic heterocycles. The zero-order chi connectivity index (χ0) is 13.5. The number of halogens is 1. The van der Waals surface area contributed by atoms with Crippen molar-refractivity contribution in [3.05, 3.63) is 35.9 Å². The first kappa shape index (κ1) is 17.0. The summed E-state index contributed by atoms with van der Waals surface area (Å²) < 4.78 is 0. The quantitative estimate of drug-likeness (QED) is 0.877. The van der Waals surface area contributed by atoms with Crippen molar-refractivity contribution in [1.29, 1.82) is 0 Å². The maximum absolute atomic E-state index is 12.4. The van der Waals surface area contributed by atoms with E-state index in [2.05, 4.69) is 12.1 Å². The van der Waals surface area contributed by atoms with Crippen molar-refractivity contribution in [3.63, 3.8) is 0 Å². The Kier molecular flexibility index (Phi) is 7.63. The van der Waals surface area contributed by atoms with E-state index >= 15 is 0 Å². The third-order valence-electron chi connectivity index (χ3n) is 3.91. The standard InChI is InChI=1S/C16H24N2O.ClH/c17-10-11-18(13-15-8-2-1-3-9-15)16(19)12-14-6-4-5-7-14;/h1-3,8-9,14H,4-7,10-13,17H2;1H. The van der Waals surface area contributed by atoms with Crippen molar-refractivity contribution in [2.45, 2.75) is 38.6 Å². The summed E-state index contributed by atoms with van der Waals surface area (Å²) in [6.45, 7) is 1.87. The van der Waals surface area contributed by atoms with Gasteiger partial charge >= 0.3 is 0 Å². The monoisotopic (exact) mass is 296 g/mol. The van der Waals surface area contributed by atoms with E-state index in [0.29, 0.717) is 32.0 Å². The molecule has 1 aliphatic rings. The summed E-state index contributed by atoms with van der Waals surface area (Å²) in [4.78, 5) is 14.3. The van der Waals surface area contributed by atoms with Gasteiger partial charge in [-0.25, -0.2) is 0 Å². The number of carbonyl (C=O) groups is 1. The predicted molar refractivity (Wildman–Crippen MR) is 84.7 cm³/mol. The van der Waals surface area contributed by atoms with Gasteiger partial charge in [-0.2, -0.15) is 0 Å². The van der Waals surface area contributed by atoms with Gasteiger partial charge in [0, 0.05) is 26.1 Å². The molecule has 20 heavy (non-hydrogen) atoms. The zero-order valence-corrected chi connectivity index (χ0v) is 12.8. The second kappa shape index (κ2) is 8.98. The van der Waals surface area contributed by atoms with Gasteiger partial charge in [0.2, 0.25) is 5.91 Å². The van der Waals surface area contributed by atoms with E-state index in [4.69, 9.17) is 5.73 Å². The smallest absolute Gasteiger partial charge is 0.223 e. The molecule has 4 heteroatoms. The van der Waals surface area contributed by atoms with Gasteiger partial charge in [-0.15, -0.1) is 12.4 Å². The topological polar surface area (TPSA) is 46.3 Å². The number of nitrogens with two attached hydrogens (primary N) is 1. The highest BCUT2D eigenvalue weighted by molar-refractivity contribution is 5.85. The summed E-state index contributed by atoms with van der Waals surface area (Å²) >= 11 is 0. The third-order valence-corrected chi connectivity index (χ3v) is 3.91. The Labute approximate surface area is 127 Å². The molecule has 2 rings (SSSR count). The molecule has 1 fully saturated rings. The summed E-state index contributed by atoms with van der Waals surface area (Å²) in [6.07, 6.45) is 5.70. The Morgan fingerprint density at radius 2 is 1.85 bits per heavy atom. The maximum atomic E-state index is 12.4. The average molecular weight is 297 g/mol. The molecule has 0 spiro atoms. The van der Waals surface area contributed by atoms with Crippen LogP contribution in [0.3, 0.4) is 0 Å². The summed E-state index contributed by atoms with van der Waals surface area (Å²) in [5.74, 6) is 0.866. The van der Waals surface area contributed by atoms with Crippen molar-refractivity contribution in [2.75, 3.05) is 13.1 Å². The van der Waals surface area contributed by atoms with Crippen molar-refractivity contribution < 1.29 is 4.79 Å². The Morgan fingerprint density at radius 3 is 2.45 bits per heavy atom. The van der Waals surface area contributed by atoms with Crippen LogP contribution in [0, 0.1) is 5.92 Å². The Bertz CT molecular complexity index is 391. The van der Waals surface area contributed by atoms with Crippen molar-refractivity contribution >= 4 is 18.3 Å². The van der Waals surface area contributed by atoms with Gasteiger partial charge in [0.1, 0.15) is 0 Å². The second-order valence-electron chi connectivity index (χ2n) is 5.44. The highest BCUT2D eigenvalue weighted by atomic mass is 35.5. The van der Waals surface area contributed by atoms with Gasteiger partial charge in [0.25, 0.3) is 0 Å². The van der Waals surface area contributed by atoms with Gasteiger partial charge < -0.3 is 10.6 Å². The lowest BCUT2D eigenvalue weighted by atomic mass is 10.0. The summed E-state index contributed by atoms with van der Waals surface area (Å²) in [7, 11) is 0. The van der Waals surface area contributed by atoms with E-state index in [0.717, 1.165) is 0 Å². The number of hydrogen-bond acceptors (Lipinski definition) is 2. The average Bonchev–Trinajstić information content (AvgIpc) is 2.92. The highest BCUT2D eigenvalue weighted by Gasteiger charge is 2.21. The minimum Gasteiger partial charge on any atom is -0.337 e. The predicted octanol–water partition coefficient (Wildman–Crippen LogP) is 2.98. The molecule has 0 bridgehead atoms. The molecule has 1 aromatic carbocycles. The number of rotatable bonds is 6. The minimum absolute atomic E-state index is 0. The van der Waals surface area contributed by atoms with Crippen LogP contribution in [0.15, 0.2) is 30.3 Å². The molecular formula is C16H25ClN2O. The van der Waals surface area contributed by atoms with Crippen LogP contribution in [0.5, 0.6) is 0 Å². The summed E-state index contributed by atoms with van der Waals surface area (Å²) in [5, 5.41) is 0. The van der Waals surface area contributed by atoms with E-state index in [1.807, 2.05) is 23.1 Å². The number of benzene rings is 1. The van der Waals surface area contributed by atoms with E-state index in [1.165, 1.54) is 31.2 Å². The summed E-state index contributed by atoms with van der Waals surface area (Å²) in [6, 6.07) is 10.1. The fraction of sp³-hybridized carbons (Fsp3) is 0.562. The number of carbonyl (C=O) groups excluding carboxylic acids is 1. The fourth-order valence-corrected chi connectivity index (χ4v) is 2.84. The molecular weight excluding hydrogens is 272 g/mol. The number of nitrogens with zero attached hydrogens (tertiary/aromatic N) is 1. The van der Waals surface area contributed by atoms with Crippen LogP contribution >= 0.6 is 12.4 Å². The lowest BCUT2D eigenvalue weighted by Gasteiger charge is -2.23. The van der Waals surface area contributed by atoms with Crippen LogP contribution in [0.2, 0.25) is 0 Å². The third kappa shape index (κ3) is 5.14. The van der Waals surface area contributed by atoms with Crippen molar-refractivity contribution in [3.8, 4) is 0 Å². The Hall–Kier alpha value is -1.06. The van der Waals surface area contributed by atoms with Gasteiger partial charge in [0.15, 0.2) is 0 Å². The first-order chi connectivity index (χ1) is 9.29. The Balaban J connectivity index is 0.00000200. The van der Waals surface area contributed by atoms with Gasteiger partial charge in [-0.3, -0.25) is 4.79 Å². The minimum atomic E-state index is 0. The molecule has 0 radical (unpaired) electrons. The fourth-order valence-electron chi connectivity index (χ4n) is 2.84.